The highest BCUT2D eigenvalue weighted by Gasteiger charge is 2.28. The molecular formula is C16H20N2O4. The van der Waals surface area contributed by atoms with Gasteiger partial charge >= 0.3 is 5.97 Å². The maximum absolute atomic E-state index is 12.2. The fraction of sp³-hybridized carbons (Fsp3) is 0.438. The smallest absolute Gasteiger partial charge is 0.303 e. The second-order valence-corrected chi connectivity index (χ2v) is 5.49. The average molecular weight is 304 g/mol. The van der Waals surface area contributed by atoms with Gasteiger partial charge in [0.25, 0.3) is 0 Å². The number of hydrogen-bond acceptors (Lipinski definition) is 3. The van der Waals surface area contributed by atoms with Crippen LogP contribution in [0.2, 0.25) is 0 Å². The van der Waals surface area contributed by atoms with Crippen molar-refractivity contribution >= 4 is 17.8 Å². The molecule has 0 spiro atoms. The van der Waals surface area contributed by atoms with Crippen molar-refractivity contribution in [3.8, 4) is 0 Å². The Kier molecular flexibility index (Phi) is 5.52. The summed E-state index contributed by atoms with van der Waals surface area (Å²) in [5, 5.41) is 14.3. The van der Waals surface area contributed by atoms with Crippen LogP contribution in [0.25, 0.3) is 0 Å². The molecule has 1 unspecified atom stereocenters. The number of amides is 2. The number of aliphatic carboxylic acids is 1. The number of hydrogen-bond donors (Lipinski definition) is 3. The van der Waals surface area contributed by atoms with Gasteiger partial charge in [0.1, 0.15) is 6.04 Å². The van der Waals surface area contributed by atoms with Gasteiger partial charge in [0.15, 0.2) is 0 Å². The summed E-state index contributed by atoms with van der Waals surface area (Å²) in [4.78, 5) is 34.1. The average Bonchev–Trinajstić information content (AvgIpc) is 2.92. The minimum Gasteiger partial charge on any atom is -0.481 e. The van der Waals surface area contributed by atoms with Crippen LogP contribution in [0, 0.1) is 0 Å². The number of carbonyl (C=O) groups is 3. The van der Waals surface area contributed by atoms with E-state index in [2.05, 4.69) is 10.6 Å². The van der Waals surface area contributed by atoms with Gasteiger partial charge in [-0.3, -0.25) is 14.4 Å². The number of carbonyl (C=O) groups excluding carboxylic acids is 2. The summed E-state index contributed by atoms with van der Waals surface area (Å²) in [7, 11) is 0. The van der Waals surface area contributed by atoms with Gasteiger partial charge in [-0.25, -0.2) is 0 Å². The first kappa shape index (κ1) is 16.0. The molecule has 2 atom stereocenters. The van der Waals surface area contributed by atoms with Crippen LogP contribution in [-0.2, 0) is 20.8 Å². The van der Waals surface area contributed by atoms with E-state index in [1.807, 2.05) is 30.3 Å². The number of benzene rings is 1. The molecule has 0 radical (unpaired) electrons. The minimum atomic E-state index is -0.888. The van der Waals surface area contributed by atoms with Crippen LogP contribution in [0.4, 0.5) is 0 Å². The third kappa shape index (κ3) is 4.87. The molecule has 2 rings (SSSR count). The second kappa shape index (κ2) is 7.59. The number of carboxylic acids is 1. The Morgan fingerprint density at radius 2 is 2.05 bits per heavy atom. The third-order valence-corrected chi connectivity index (χ3v) is 3.69. The molecule has 0 bridgehead atoms. The van der Waals surface area contributed by atoms with E-state index in [1.54, 1.807) is 0 Å². The Morgan fingerprint density at radius 1 is 1.32 bits per heavy atom. The van der Waals surface area contributed by atoms with Crippen molar-refractivity contribution in [2.24, 2.45) is 0 Å². The zero-order valence-electron chi connectivity index (χ0n) is 12.2. The van der Waals surface area contributed by atoms with Crippen LogP contribution < -0.4 is 10.6 Å². The van der Waals surface area contributed by atoms with Gasteiger partial charge < -0.3 is 15.7 Å². The molecule has 0 saturated carbocycles. The summed E-state index contributed by atoms with van der Waals surface area (Å²) in [6.07, 6.45) is 1.77. The highest BCUT2D eigenvalue weighted by atomic mass is 16.4. The van der Waals surface area contributed by atoms with Gasteiger partial charge in [0.05, 0.1) is 0 Å². The first-order valence-electron chi connectivity index (χ1n) is 7.40. The number of nitrogens with one attached hydrogen (secondary N) is 2. The van der Waals surface area contributed by atoms with Crippen molar-refractivity contribution in [1.29, 1.82) is 0 Å². The van der Waals surface area contributed by atoms with Crippen molar-refractivity contribution in [1.82, 2.24) is 10.6 Å². The lowest BCUT2D eigenvalue weighted by atomic mass is 10.0. The van der Waals surface area contributed by atoms with Crippen molar-refractivity contribution in [2.45, 2.75) is 44.2 Å². The number of rotatable bonds is 7. The molecule has 6 nitrogen and oxygen atoms in total. The first-order valence-corrected chi connectivity index (χ1v) is 7.40. The zero-order chi connectivity index (χ0) is 15.9. The fourth-order valence-electron chi connectivity index (χ4n) is 2.53. The maximum atomic E-state index is 12.2. The van der Waals surface area contributed by atoms with E-state index in [-0.39, 0.29) is 24.3 Å². The molecule has 6 heteroatoms. The molecule has 2 amide bonds. The first-order chi connectivity index (χ1) is 10.5. The molecule has 3 N–H and O–H groups in total. The molecule has 0 aromatic heterocycles. The van der Waals surface area contributed by atoms with Gasteiger partial charge in [-0.2, -0.15) is 0 Å². The molecule has 1 fully saturated rings. The van der Waals surface area contributed by atoms with E-state index in [1.165, 1.54) is 0 Å². The lowest BCUT2D eigenvalue weighted by molar-refractivity contribution is -0.137. The Hall–Kier alpha value is -2.37. The molecule has 1 aliphatic rings. The molecule has 22 heavy (non-hydrogen) atoms. The highest BCUT2D eigenvalue weighted by molar-refractivity contribution is 5.90. The summed E-state index contributed by atoms with van der Waals surface area (Å²) in [5.74, 6) is -1.25. The molecule has 0 aliphatic carbocycles. The van der Waals surface area contributed by atoms with Crippen molar-refractivity contribution < 1.29 is 19.5 Å². The van der Waals surface area contributed by atoms with E-state index in [9.17, 15) is 14.4 Å². The topological polar surface area (TPSA) is 95.5 Å². The second-order valence-electron chi connectivity index (χ2n) is 5.49. The van der Waals surface area contributed by atoms with Crippen molar-refractivity contribution in [2.75, 3.05) is 0 Å². The summed E-state index contributed by atoms with van der Waals surface area (Å²) in [6, 6.07) is 8.83. The predicted octanol–water partition coefficient (Wildman–Crippen LogP) is 0.857. The number of carboxylic acid groups (broad SMARTS) is 1. The Morgan fingerprint density at radius 3 is 2.64 bits per heavy atom. The van der Waals surface area contributed by atoms with Gasteiger partial charge in [0, 0.05) is 18.9 Å². The van der Waals surface area contributed by atoms with Crippen LogP contribution >= 0.6 is 0 Å². The predicted molar refractivity (Wildman–Crippen MR) is 80.1 cm³/mol. The zero-order valence-corrected chi connectivity index (χ0v) is 12.2. The van der Waals surface area contributed by atoms with E-state index < -0.39 is 12.0 Å². The van der Waals surface area contributed by atoms with Gasteiger partial charge in [-0.15, -0.1) is 0 Å². The van der Waals surface area contributed by atoms with Crippen LogP contribution in [0.15, 0.2) is 30.3 Å². The summed E-state index contributed by atoms with van der Waals surface area (Å²) >= 11 is 0. The van der Waals surface area contributed by atoms with Crippen LogP contribution in [0.3, 0.4) is 0 Å². The summed E-state index contributed by atoms with van der Waals surface area (Å²) < 4.78 is 0. The van der Waals surface area contributed by atoms with Crippen molar-refractivity contribution in [3.05, 3.63) is 35.9 Å². The Balaban J connectivity index is 1.95. The van der Waals surface area contributed by atoms with E-state index >= 15 is 0 Å². The molecule has 1 saturated heterocycles. The molecular weight excluding hydrogens is 284 g/mol. The fourth-order valence-corrected chi connectivity index (χ4v) is 2.53. The molecule has 1 aliphatic heterocycles. The standard InChI is InChI=1S/C16H20N2O4/c19-14-8-7-13(18-14)16(22)17-12(6-9-15(20)21)10-11-4-2-1-3-5-11/h1-5,12-13H,6-10H2,(H,17,22)(H,18,19)(H,20,21)/t12?,13-/m0/s1. The van der Waals surface area contributed by atoms with Gasteiger partial charge in [-0.05, 0) is 24.8 Å². The largest absolute Gasteiger partial charge is 0.481 e. The normalized spacial score (nSPS) is 18.5. The molecule has 1 aromatic carbocycles. The minimum absolute atomic E-state index is 0.00515. The quantitative estimate of drug-likeness (QED) is 0.696. The SMILES string of the molecule is O=C(O)CCC(Cc1ccccc1)NC(=O)[C@@H]1CCC(=O)N1. The van der Waals surface area contributed by atoms with Gasteiger partial charge in [-0.1, -0.05) is 30.3 Å². The van der Waals surface area contributed by atoms with Crippen LogP contribution in [0.5, 0.6) is 0 Å². The molecule has 1 heterocycles. The Labute approximate surface area is 128 Å². The lowest BCUT2D eigenvalue weighted by Crippen LogP contribution is -2.46. The lowest BCUT2D eigenvalue weighted by Gasteiger charge is -2.20. The van der Waals surface area contributed by atoms with Crippen molar-refractivity contribution in [3.63, 3.8) is 0 Å². The third-order valence-electron chi connectivity index (χ3n) is 3.69. The molecule has 1 aromatic rings. The molecule has 118 valence electrons. The monoisotopic (exact) mass is 304 g/mol. The van der Waals surface area contributed by atoms with E-state index in [4.69, 9.17) is 5.11 Å². The summed E-state index contributed by atoms with van der Waals surface area (Å²) in [5.41, 5.74) is 1.04. The van der Waals surface area contributed by atoms with Crippen LogP contribution in [0.1, 0.15) is 31.2 Å². The van der Waals surface area contributed by atoms with Gasteiger partial charge in [0.2, 0.25) is 11.8 Å². The highest BCUT2D eigenvalue weighted by Crippen LogP contribution is 2.11. The Bertz CT molecular complexity index is 544. The van der Waals surface area contributed by atoms with Crippen LogP contribution in [-0.4, -0.2) is 35.0 Å². The van der Waals surface area contributed by atoms with E-state index in [0.717, 1.165) is 5.56 Å². The maximum Gasteiger partial charge on any atom is 0.303 e. The van der Waals surface area contributed by atoms with E-state index in [0.29, 0.717) is 25.7 Å². The summed E-state index contributed by atoms with van der Waals surface area (Å²) in [6.45, 7) is 0.